The number of hydrogen-bond acceptors (Lipinski definition) is 4. The standard InChI is InChI=1S/C15H11Cl2FN2O3/c16-10-3-1-8(5-13(10)19)15(22)23-7-14(21)20-9-2-4-12(18)11(17)6-9/h1-6H,7,19H2,(H,20,21). The van der Waals surface area contributed by atoms with Crippen molar-refractivity contribution >= 4 is 46.5 Å². The van der Waals surface area contributed by atoms with E-state index in [1.165, 1.54) is 30.3 Å². The van der Waals surface area contributed by atoms with Crippen LogP contribution in [0.3, 0.4) is 0 Å². The number of amides is 1. The fraction of sp³-hybridized carbons (Fsp3) is 0.0667. The van der Waals surface area contributed by atoms with Gasteiger partial charge in [0.1, 0.15) is 5.82 Å². The van der Waals surface area contributed by atoms with Gasteiger partial charge in [0, 0.05) is 5.69 Å². The molecule has 0 aliphatic rings. The number of benzene rings is 2. The second-order valence-electron chi connectivity index (χ2n) is 4.49. The van der Waals surface area contributed by atoms with Gasteiger partial charge in [-0.3, -0.25) is 4.79 Å². The maximum Gasteiger partial charge on any atom is 0.338 e. The zero-order chi connectivity index (χ0) is 17.0. The van der Waals surface area contributed by atoms with E-state index < -0.39 is 24.3 Å². The Balaban J connectivity index is 1.91. The fourth-order valence-electron chi connectivity index (χ4n) is 1.66. The van der Waals surface area contributed by atoms with Crippen LogP contribution in [0.1, 0.15) is 10.4 Å². The van der Waals surface area contributed by atoms with Crippen LogP contribution in [0, 0.1) is 5.82 Å². The summed E-state index contributed by atoms with van der Waals surface area (Å²) in [5.41, 5.74) is 6.27. The molecule has 2 aromatic carbocycles. The minimum atomic E-state index is -0.722. The van der Waals surface area contributed by atoms with Crippen molar-refractivity contribution in [3.63, 3.8) is 0 Å². The van der Waals surface area contributed by atoms with Crippen LogP contribution in [0.25, 0.3) is 0 Å². The summed E-state index contributed by atoms with van der Waals surface area (Å²) in [6.45, 7) is -0.518. The van der Waals surface area contributed by atoms with E-state index in [1.807, 2.05) is 0 Å². The van der Waals surface area contributed by atoms with Gasteiger partial charge in [-0.1, -0.05) is 23.2 Å². The molecule has 0 saturated heterocycles. The van der Waals surface area contributed by atoms with Crippen LogP contribution in [0.15, 0.2) is 36.4 Å². The fourth-order valence-corrected chi connectivity index (χ4v) is 1.95. The summed E-state index contributed by atoms with van der Waals surface area (Å²) >= 11 is 11.3. The number of carbonyl (C=O) groups excluding carboxylic acids is 2. The predicted molar refractivity (Wildman–Crippen MR) is 86.2 cm³/mol. The molecule has 2 aromatic rings. The Hall–Kier alpha value is -2.31. The number of hydrogen-bond donors (Lipinski definition) is 2. The lowest BCUT2D eigenvalue weighted by atomic mass is 10.2. The lowest BCUT2D eigenvalue weighted by molar-refractivity contribution is -0.119. The van der Waals surface area contributed by atoms with Gasteiger partial charge in [-0.05, 0) is 36.4 Å². The topological polar surface area (TPSA) is 81.4 Å². The number of ether oxygens (including phenoxy) is 1. The molecule has 0 unspecified atom stereocenters. The maximum absolute atomic E-state index is 13.0. The van der Waals surface area contributed by atoms with Gasteiger partial charge in [0.25, 0.3) is 5.91 Å². The number of rotatable bonds is 4. The molecule has 0 heterocycles. The van der Waals surface area contributed by atoms with Crippen molar-refractivity contribution in [2.45, 2.75) is 0 Å². The Morgan fingerprint density at radius 1 is 1.13 bits per heavy atom. The molecular formula is C15H11Cl2FN2O3. The van der Waals surface area contributed by atoms with E-state index >= 15 is 0 Å². The Bertz CT molecular complexity index is 768. The first-order valence-electron chi connectivity index (χ1n) is 6.34. The molecule has 5 nitrogen and oxygen atoms in total. The normalized spacial score (nSPS) is 10.2. The quantitative estimate of drug-likeness (QED) is 0.648. The summed E-state index contributed by atoms with van der Waals surface area (Å²) < 4.78 is 17.9. The molecule has 0 aromatic heterocycles. The first-order valence-corrected chi connectivity index (χ1v) is 7.09. The van der Waals surface area contributed by atoms with Crippen molar-refractivity contribution < 1.29 is 18.7 Å². The molecule has 1 amide bonds. The van der Waals surface area contributed by atoms with Gasteiger partial charge in [-0.2, -0.15) is 0 Å². The largest absolute Gasteiger partial charge is 0.452 e. The van der Waals surface area contributed by atoms with Crippen LogP contribution in [-0.2, 0) is 9.53 Å². The van der Waals surface area contributed by atoms with E-state index in [2.05, 4.69) is 5.32 Å². The van der Waals surface area contributed by atoms with Gasteiger partial charge in [-0.15, -0.1) is 0 Å². The zero-order valence-electron chi connectivity index (χ0n) is 11.6. The second kappa shape index (κ2) is 7.30. The van der Waals surface area contributed by atoms with Gasteiger partial charge >= 0.3 is 5.97 Å². The van der Waals surface area contributed by atoms with Crippen LogP contribution in [-0.4, -0.2) is 18.5 Å². The summed E-state index contributed by atoms with van der Waals surface area (Å²) in [6.07, 6.45) is 0. The first kappa shape index (κ1) is 17.1. The Morgan fingerprint density at radius 2 is 1.87 bits per heavy atom. The van der Waals surface area contributed by atoms with Gasteiger partial charge < -0.3 is 15.8 Å². The molecule has 0 saturated carbocycles. The van der Waals surface area contributed by atoms with Crippen molar-refractivity contribution in [1.82, 2.24) is 0 Å². The molecule has 8 heteroatoms. The third-order valence-electron chi connectivity index (χ3n) is 2.77. The molecule has 120 valence electrons. The molecular weight excluding hydrogens is 346 g/mol. The van der Waals surface area contributed by atoms with E-state index in [-0.39, 0.29) is 22.0 Å². The number of esters is 1. The number of anilines is 2. The Labute approximate surface area is 141 Å². The van der Waals surface area contributed by atoms with Crippen LogP contribution in [0.5, 0.6) is 0 Å². The zero-order valence-corrected chi connectivity index (χ0v) is 13.1. The third-order valence-corrected chi connectivity index (χ3v) is 3.40. The average molecular weight is 357 g/mol. The van der Waals surface area contributed by atoms with Gasteiger partial charge in [0.05, 0.1) is 21.3 Å². The smallest absolute Gasteiger partial charge is 0.338 e. The van der Waals surface area contributed by atoms with E-state index in [9.17, 15) is 14.0 Å². The highest BCUT2D eigenvalue weighted by Crippen LogP contribution is 2.20. The molecule has 3 N–H and O–H groups in total. The van der Waals surface area contributed by atoms with E-state index in [0.29, 0.717) is 5.02 Å². The number of nitrogens with two attached hydrogens (primary N) is 1. The first-order chi connectivity index (χ1) is 10.9. The van der Waals surface area contributed by atoms with E-state index in [1.54, 1.807) is 0 Å². The molecule has 0 radical (unpaired) electrons. The van der Waals surface area contributed by atoms with Gasteiger partial charge in [0.15, 0.2) is 6.61 Å². The summed E-state index contributed by atoms with van der Waals surface area (Å²) in [4.78, 5) is 23.5. The summed E-state index contributed by atoms with van der Waals surface area (Å²) in [7, 11) is 0. The van der Waals surface area contributed by atoms with E-state index in [4.69, 9.17) is 33.7 Å². The molecule has 0 fully saturated rings. The van der Waals surface area contributed by atoms with Crippen LogP contribution in [0.4, 0.5) is 15.8 Å². The highest BCUT2D eigenvalue weighted by molar-refractivity contribution is 6.33. The average Bonchev–Trinajstić information content (AvgIpc) is 2.51. The molecule has 0 bridgehead atoms. The lowest BCUT2D eigenvalue weighted by Gasteiger charge is -2.08. The Kier molecular flexibility index (Phi) is 5.41. The Morgan fingerprint density at radius 3 is 2.52 bits per heavy atom. The van der Waals surface area contributed by atoms with Crippen molar-refractivity contribution in [2.24, 2.45) is 0 Å². The molecule has 0 aliphatic heterocycles. The second-order valence-corrected chi connectivity index (χ2v) is 5.30. The molecule has 23 heavy (non-hydrogen) atoms. The van der Waals surface area contributed by atoms with Crippen LogP contribution < -0.4 is 11.1 Å². The predicted octanol–water partition coefficient (Wildman–Crippen LogP) is 3.51. The number of halogens is 3. The van der Waals surface area contributed by atoms with Crippen molar-refractivity contribution in [3.05, 3.63) is 57.8 Å². The number of nitrogen functional groups attached to an aromatic ring is 1. The SMILES string of the molecule is Nc1cc(C(=O)OCC(=O)Nc2ccc(F)c(Cl)c2)ccc1Cl. The summed E-state index contributed by atoms with van der Waals surface area (Å²) in [5.74, 6) is -1.92. The minimum absolute atomic E-state index is 0.128. The van der Waals surface area contributed by atoms with Gasteiger partial charge in [-0.25, -0.2) is 9.18 Å². The minimum Gasteiger partial charge on any atom is -0.452 e. The van der Waals surface area contributed by atoms with Crippen molar-refractivity contribution in [3.8, 4) is 0 Å². The summed E-state index contributed by atoms with van der Waals surface area (Å²) in [6, 6.07) is 7.92. The lowest BCUT2D eigenvalue weighted by Crippen LogP contribution is -2.21. The van der Waals surface area contributed by atoms with Crippen LogP contribution in [0.2, 0.25) is 10.0 Å². The van der Waals surface area contributed by atoms with Crippen LogP contribution >= 0.6 is 23.2 Å². The van der Waals surface area contributed by atoms with E-state index in [0.717, 1.165) is 6.07 Å². The summed E-state index contributed by atoms with van der Waals surface area (Å²) in [5, 5.41) is 2.61. The molecule has 2 rings (SSSR count). The molecule has 0 aliphatic carbocycles. The number of carbonyl (C=O) groups is 2. The van der Waals surface area contributed by atoms with Crippen molar-refractivity contribution in [1.29, 1.82) is 0 Å². The highest BCUT2D eigenvalue weighted by atomic mass is 35.5. The maximum atomic E-state index is 13.0. The molecule has 0 atom stereocenters. The number of nitrogens with one attached hydrogen (secondary N) is 1. The monoisotopic (exact) mass is 356 g/mol. The van der Waals surface area contributed by atoms with Crippen molar-refractivity contribution in [2.75, 3.05) is 17.7 Å². The highest BCUT2D eigenvalue weighted by Gasteiger charge is 2.12. The third kappa shape index (κ3) is 4.58. The molecule has 0 spiro atoms. The van der Waals surface area contributed by atoms with Gasteiger partial charge in [0.2, 0.25) is 0 Å².